The monoisotopic (exact) mass is 296 g/mol. The lowest BCUT2D eigenvalue weighted by atomic mass is 9.75. The molecule has 1 fully saturated rings. The van der Waals surface area contributed by atoms with Crippen LogP contribution in [0, 0.1) is 5.92 Å². The molecule has 1 aromatic carbocycles. The SMILES string of the molecule is CC1(C)CC([C@@H](CC(=O)O)c2ccc(Cl)cc2)CCO1. The Bertz CT molecular complexity index is 467. The molecule has 1 N–H and O–H groups in total. The van der Waals surface area contributed by atoms with Crippen LogP contribution in [-0.4, -0.2) is 23.3 Å². The van der Waals surface area contributed by atoms with Gasteiger partial charge in [-0.25, -0.2) is 0 Å². The lowest BCUT2D eigenvalue weighted by Gasteiger charge is -2.39. The molecule has 0 radical (unpaired) electrons. The van der Waals surface area contributed by atoms with E-state index in [1.54, 1.807) is 0 Å². The highest BCUT2D eigenvalue weighted by Crippen LogP contribution is 2.40. The molecule has 2 atom stereocenters. The molecule has 1 aliphatic rings. The minimum absolute atomic E-state index is 0.0212. The van der Waals surface area contributed by atoms with Gasteiger partial charge in [-0.2, -0.15) is 0 Å². The van der Waals surface area contributed by atoms with Gasteiger partial charge in [0.2, 0.25) is 0 Å². The molecule has 0 saturated carbocycles. The summed E-state index contributed by atoms with van der Waals surface area (Å²) in [7, 11) is 0. The van der Waals surface area contributed by atoms with Gasteiger partial charge in [0.15, 0.2) is 0 Å². The van der Waals surface area contributed by atoms with Crippen molar-refractivity contribution in [2.75, 3.05) is 6.61 Å². The number of rotatable bonds is 4. The second-order valence-electron chi connectivity index (χ2n) is 6.12. The number of hydrogen-bond donors (Lipinski definition) is 1. The highest BCUT2D eigenvalue weighted by atomic mass is 35.5. The van der Waals surface area contributed by atoms with Gasteiger partial charge in [-0.1, -0.05) is 23.7 Å². The predicted octanol–water partition coefficient (Wildman–Crippen LogP) is 4.10. The van der Waals surface area contributed by atoms with Gasteiger partial charge in [0.1, 0.15) is 0 Å². The van der Waals surface area contributed by atoms with Gasteiger partial charge in [-0.05, 0) is 56.2 Å². The van der Waals surface area contributed by atoms with E-state index in [4.69, 9.17) is 16.3 Å². The van der Waals surface area contributed by atoms with Crippen molar-refractivity contribution in [2.24, 2.45) is 5.92 Å². The second-order valence-corrected chi connectivity index (χ2v) is 6.55. The molecule has 1 heterocycles. The first-order valence-corrected chi connectivity index (χ1v) is 7.36. The van der Waals surface area contributed by atoms with E-state index < -0.39 is 5.97 Å². The van der Waals surface area contributed by atoms with Crippen LogP contribution in [0.3, 0.4) is 0 Å². The summed E-state index contributed by atoms with van der Waals surface area (Å²) < 4.78 is 5.74. The minimum atomic E-state index is -0.755. The molecule has 4 heteroatoms. The van der Waals surface area contributed by atoms with Crippen molar-refractivity contribution in [1.29, 1.82) is 0 Å². The highest BCUT2D eigenvalue weighted by Gasteiger charge is 2.35. The van der Waals surface area contributed by atoms with E-state index in [2.05, 4.69) is 13.8 Å². The van der Waals surface area contributed by atoms with Gasteiger partial charge in [0, 0.05) is 11.6 Å². The first-order chi connectivity index (χ1) is 9.37. The molecular weight excluding hydrogens is 276 g/mol. The van der Waals surface area contributed by atoms with E-state index in [0.717, 1.165) is 18.4 Å². The summed E-state index contributed by atoms with van der Waals surface area (Å²) in [5.74, 6) is -0.404. The summed E-state index contributed by atoms with van der Waals surface area (Å²) >= 11 is 5.92. The van der Waals surface area contributed by atoms with Crippen LogP contribution in [0.4, 0.5) is 0 Å². The van der Waals surface area contributed by atoms with Crippen molar-refractivity contribution in [3.05, 3.63) is 34.9 Å². The topological polar surface area (TPSA) is 46.5 Å². The molecule has 110 valence electrons. The van der Waals surface area contributed by atoms with Gasteiger partial charge in [0.25, 0.3) is 0 Å². The third-order valence-corrected chi connectivity index (χ3v) is 4.25. The van der Waals surface area contributed by atoms with E-state index in [-0.39, 0.29) is 17.9 Å². The summed E-state index contributed by atoms with van der Waals surface area (Å²) in [5.41, 5.74) is 0.881. The van der Waals surface area contributed by atoms with E-state index in [9.17, 15) is 9.90 Å². The average Bonchev–Trinajstić information content (AvgIpc) is 2.36. The second kappa shape index (κ2) is 6.15. The van der Waals surface area contributed by atoms with Gasteiger partial charge < -0.3 is 9.84 Å². The maximum Gasteiger partial charge on any atom is 0.303 e. The van der Waals surface area contributed by atoms with Gasteiger partial charge in [-0.15, -0.1) is 0 Å². The van der Waals surface area contributed by atoms with Crippen LogP contribution in [0.25, 0.3) is 0 Å². The molecular formula is C16H21ClO3. The Hall–Kier alpha value is -1.06. The Kier molecular flexibility index (Phi) is 4.71. The van der Waals surface area contributed by atoms with Crippen LogP contribution < -0.4 is 0 Å². The predicted molar refractivity (Wildman–Crippen MR) is 79.2 cm³/mol. The lowest BCUT2D eigenvalue weighted by molar-refractivity contribution is -0.138. The maximum atomic E-state index is 11.2. The van der Waals surface area contributed by atoms with Crippen LogP contribution in [-0.2, 0) is 9.53 Å². The fraction of sp³-hybridized carbons (Fsp3) is 0.562. The number of benzene rings is 1. The van der Waals surface area contributed by atoms with E-state index in [1.165, 1.54) is 0 Å². The first-order valence-electron chi connectivity index (χ1n) is 6.98. The molecule has 1 unspecified atom stereocenters. The number of carboxylic acid groups (broad SMARTS) is 1. The zero-order valence-corrected chi connectivity index (χ0v) is 12.7. The van der Waals surface area contributed by atoms with Crippen molar-refractivity contribution in [3.8, 4) is 0 Å². The number of carboxylic acids is 1. The van der Waals surface area contributed by atoms with Crippen LogP contribution >= 0.6 is 11.6 Å². The Morgan fingerprint density at radius 1 is 1.45 bits per heavy atom. The average molecular weight is 297 g/mol. The zero-order chi connectivity index (χ0) is 14.8. The van der Waals surface area contributed by atoms with Crippen molar-refractivity contribution < 1.29 is 14.6 Å². The molecule has 0 aromatic heterocycles. The molecule has 0 spiro atoms. The maximum absolute atomic E-state index is 11.2. The van der Waals surface area contributed by atoms with Crippen molar-refractivity contribution in [2.45, 2.75) is 44.6 Å². The number of ether oxygens (including phenoxy) is 1. The van der Waals surface area contributed by atoms with Crippen LogP contribution in [0.5, 0.6) is 0 Å². The van der Waals surface area contributed by atoms with Crippen LogP contribution in [0.1, 0.15) is 44.6 Å². The number of hydrogen-bond acceptors (Lipinski definition) is 2. The van der Waals surface area contributed by atoms with E-state index in [0.29, 0.717) is 17.5 Å². The largest absolute Gasteiger partial charge is 0.481 e. The summed E-state index contributed by atoms with van der Waals surface area (Å²) in [6.45, 7) is 4.83. The van der Waals surface area contributed by atoms with Gasteiger partial charge in [-0.3, -0.25) is 4.79 Å². The molecule has 1 aromatic rings. The molecule has 1 saturated heterocycles. The summed E-state index contributed by atoms with van der Waals surface area (Å²) in [5, 5.41) is 9.88. The smallest absolute Gasteiger partial charge is 0.303 e. The quantitative estimate of drug-likeness (QED) is 0.910. The highest BCUT2D eigenvalue weighted by molar-refractivity contribution is 6.30. The normalized spacial score (nSPS) is 23.2. The summed E-state index contributed by atoms with van der Waals surface area (Å²) in [4.78, 5) is 11.2. The molecule has 1 aliphatic heterocycles. The van der Waals surface area contributed by atoms with Gasteiger partial charge in [0.05, 0.1) is 12.0 Å². The first kappa shape index (κ1) is 15.3. The Balaban J connectivity index is 2.23. The number of halogens is 1. The van der Waals surface area contributed by atoms with E-state index in [1.807, 2.05) is 24.3 Å². The summed E-state index contributed by atoms with van der Waals surface area (Å²) in [6.07, 6.45) is 1.94. The Morgan fingerprint density at radius 3 is 2.65 bits per heavy atom. The van der Waals surface area contributed by atoms with E-state index >= 15 is 0 Å². The lowest BCUT2D eigenvalue weighted by Crippen LogP contribution is -2.36. The van der Waals surface area contributed by atoms with Crippen molar-refractivity contribution in [1.82, 2.24) is 0 Å². The third-order valence-electron chi connectivity index (χ3n) is 4.00. The molecule has 20 heavy (non-hydrogen) atoms. The third kappa shape index (κ3) is 3.97. The van der Waals surface area contributed by atoms with Crippen LogP contribution in [0.2, 0.25) is 5.02 Å². The molecule has 0 bridgehead atoms. The summed E-state index contributed by atoms with van der Waals surface area (Å²) in [6, 6.07) is 7.54. The van der Waals surface area contributed by atoms with Crippen molar-refractivity contribution >= 4 is 17.6 Å². The van der Waals surface area contributed by atoms with Crippen molar-refractivity contribution in [3.63, 3.8) is 0 Å². The minimum Gasteiger partial charge on any atom is -0.481 e. The number of aliphatic carboxylic acids is 1. The fourth-order valence-corrected chi connectivity index (χ4v) is 3.20. The standard InChI is InChI=1S/C16H21ClO3/c1-16(2)10-12(7-8-20-16)14(9-15(18)19)11-3-5-13(17)6-4-11/h3-6,12,14H,7-10H2,1-2H3,(H,18,19)/t12?,14-/m0/s1. The van der Waals surface area contributed by atoms with Crippen LogP contribution in [0.15, 0.2) is 24.3 Å². The number of carbonyl (C=O) groups is 1. The Labute approximate surface area is 124 Å². The van der Waals surface area contributed by atoms with Gasteiger partial charge >= 0.3 is 5.97 Å². The zero-order valence-electron chi connectivity index (χ0n) is 11.9. The molecule has 0 aliphatic carbocycles. The molecule has 3 nitrogen and oxygen atoms in total. The molecule has 2 rings (SSSR count). The molecule has 0 amide bonds. The Morgan fingerprint density at radius 2 is 2.10 bits per heavy atom. The fourth-order valence-electron chi connectivity index (χ4n) is 3.08.